The van der Waals surface area contributed by atoms with Crippen molar-refractivity contribution < 1.29 is 14.3 Å². The van der Waals surface area contributed by atoms with Crippen LogP contribution in [0.3, 0.4) is 0 Å². The highest BCUT2D eigenvalue weighted by atomic mass is 35.5. The van der Waals surface area contributed by atoms with Gasteiger partial charge in [-0.3, -0.25) is 9.69 Å². The minimum atomic E-state index is -0.167. The van der Waals surface area contributed by atoms with E-state index in [1.54, 1.807) is 30.2 Å². The Bertz CT molecular complexity index is 620. The molecule has 1 unspecified atom stereocenters. The highest BCUT2D eigenvalue weighted by molar-refractivity contribution is 5.99. The maximum absolute atomic E-state index is 12.4. The fraction of sp³-hybridized carbons (Fsp3) is 0.529. The molecule has 1 atom stereocenters. The Balaban J connectivity index is 0.00000225. The summed E-state index contributed by atoms with van der Waals surface area (Å²) >= 11 is 0. The molecule has 0 aliphatic carbocycles. The van der Waals surface area contributed by atoms with Crippen molar-refractivity contribution in [1.82, 2.24) is 16.0 Å². The molecule has 2 heterocycles. The Morgan fingerprint density at radius 3 is 2.88 bits per heavy atom. The highest BCUT2D eigenvalue weighted by Gasteiger charge is 2.25. The van der Waals surface area contributed by atoms with Crippen LogP contribution in [-0.2, 0) is 0 Å². The zero-order valence-electron chi connectivity index (χ0n) is 14.3. The number of carbonyl (C=O) groups is 2. The molecule has 2 saturated heterocycles. The standard InChI is InChI=1S/C17H24N4O3.ClH/c1-24-15-3-2-13(10-14(15)21-9-8-20-17(21)23)16(22)19-7-5-12-4-6-18-11-12;/h2-3,10,12,18H,4-9,11H2,1H3,(H,19,22)(H,20,23);1H. The first-order valence-electron chi connectivity index (χ1n) is 8.41. The van der Waals surface area contributed by atoms with Gasteiger partial charge in [0.05, 0.1) is 12.8 Å². The maximum Gasteiger partial charge on any atom is 0.322 e. The molecule has 8 heteroatoms. The van der Waals surface area contributed by atoms with E-state index in [0.717, 1.165) is 19.5 Å². The summed E-state index contributed by atoms with van der Waals surface area (Å²) in [6.07, 6.45) is 2.16. The molecule has 138 valence electrons. The molecule has 3 N–H and O–H groups in total. The number of benzene rings is 1. The molecule has 3 rings (SSSR count). The van der Waals surface area contributed by atoms with Crippen LogP contribution in [0.2, 0.25) is 0 Å². The van der Waals surface area contributed by atoms with Crippen molar-refractivity contribution in [1.29, 1.82) is 0 Å². The summed E-state index contributed by atoms with van der Waals surface area (Å²) in [5.74, 6) is 1.11. The van der Waals surface area contributed by atoms with Crippen molar-refractivity contribution in [2.75, 3.05) is 44.7 Å². The lowest BCUT2D eigenvalue weighted by Gasteiger charge is -2.18. The molecule has 0 saturated carbocycles. The van der Waals surface area contributed by atoms with Crippen LogP contribution in [0.15, 0.2) is 18.2 Å². The zero-order valence-corrected chi connectivity index (χ0v) is 15.2. The first-order valence-corrected chi connectivity index (χ1v) is 8.41. The number of anilines is 1. The Morgan fingerprint density at radius 1 is 1.40 bits per heavy atom. The second-order valence-corrected chi connectivity index (χ2v) is 6.17. The lowest BCUT2D eigenvalue weighted by atomic mass is 10.1. The Kier molecular flexibility index (Phi) is 6.90. The van der Waals surface area contributed by atoms with Crippen LogP contribution in [0.4, 0.5) is 10.5 Å². The molecular formula is C17H25ClN4O3. The van der Waals surface area contributed by atoms with E-state index in [1.165, 1.54) is 6.42 Å². The second-order valence-electron chi connectivity index (χ2n) is 6.17. The minimum absolute atomic E-state index is 0. The zero-order chi connectivity index (χ0) is 16.9. The summed E-state index contributed by atoms with van der Waals surface area (Å²) in [4.78, 5) is 25.9. The average Bonchev–Trinajstić information content (AvgIpc) is 3.25. The van der Waals surface area contributed by atoms with Crippen molar-refractivity contribution in [3.8, 4) is 5.75 Å². The third-order valence-electron chi connectivity index (χ3n) is 4.59. The number of halogens is 1. The summed E-state index contributed by atoms with van der Waals surface area (Å²) in [6.45, 7) is 3.92. The maximum atomic E-state index is 12.4. The monoisotopic (exact) mass is 368 g/mol. The first-order chi connectivity index (χ1) is 11.7. The van der Waals surface area contributed by atoms with Gasteiger partial charge in [0.2, 0.25) is 0 Å². The van der Waals surface area contributed by atoms with Gasteiger partial charge in [-0.25, -0.2) is 4.79 Å². The number of urea groups is 1. The molecule has 7 nitrogen and oxygen atoms in total. The van der Waals surface area contributed by atoms with Crippen LogP contribution in [0.1, 0.15) is 23.2 Å². The van der Waals surface area contributed by atoms with Crippen molar-refractivity contribution in [2.24, 2.45) is 5.92 Å². The number of carbonyl (C=O) groups excluding carboxylic acids is 2. The normalized spacial score (nSPS) is 19.3. The van der Waals surface area contributed by atoms with Gasteiger partial charge in [-0.15, -0.1) is 12.4 Å². The summed E-state index contributed by atoms with van der Waals surface area (Å²) in [7, 11) is 1.56. The van der Waals surface area contributed by atoms with Gasteiger partial charge in [-0.05, 0) is 50.0 Å². The molecule has 3 amide bonds. The molecule has 0 spiro atoms. The summed E-state index contributed by atoms with van der Waals surface area (Å²) < 4.78 is 5.33. The third kappa shape index (κ3) is 4.55. The van der Waals surface area contributed by atoms with Gasteiger partial charge in [0.15, 0.2) is 0 Å². The van der Waals surface area contributed by atoms with Crippen LogP contribution in [0, 0.1) is 5.92 Å². The van der Waals surface area contributed by atoms with Gasteiger partial charge in [-0.1, -0.05) is 0 Å². The Labute approximate surface area is 153 Å². The second kappa shape index (κ2) is 8.92. The van der Waals surface area contributed by atoms with E-state index >= 15 is 0 Å². The van der Waals surface area contributed by atoms with Crippen molar-refractivity contribution in [3.63, 3.8) is 0 Å². The van der Waals surface area contributed by atoms with Gasteiger partial charge in [-0.2, -0.15) is 0 Å². The smallest absolute Gasteiger partial charge is 0.322 e. The largest absolute Gasteiger partial charge is 0.495 e. The molecule has 2 aliphatic rings. The topological polar surface area (TPSA) is 82.7 Å². The van der Waals surface area contributed by atoms with Crippen LogP contribution in [-0.4, -0.2) is 51.8 Å². The Morgan fingerprint density at radius 2 is 2.24 bits per heavy atom. The van der Waals surface area contributed by atoms with E-state index in [9.17, 15) is 9.59 Å². The molecule has 25 heavy (non-hydrogen) atoms. The van der Waals surface area contributed by atoms with Crippen molar-refractivity contribution >= 4 is 30.0 Å². The minimum Gasteiger partial charge on any atom is -0.495 e. The van der Waals surface area contributed by atoms with Crippen LogP contribution in [0.5, 0.6) is 5.75 Å². The molecular weight excluding hydrogens is 344 g/mol. The third-order valence-corrected chi connectivity index (χ3v) is 4.59. The van der Waals surface area contributed by atoms with Crippen molar-refractivity contribution in [2.45, 2.75) is 12.8 Å². The number of hydrogen-bond acceptors (Lipinski definition) is 4. The van der Waals surface area contributed by atoms with Gasteiger partial charge in [0, 0.05) is 25.2 Å². The summed E-state index contributed by atoms with van der Waals surface area (Å²) in [6, 6.07) is 5.01. The van der Waals surface area contributed by atoms with Crippen LogP contribution < -0.4 is 25.6 Å². The SMILES string of the molecule is COc1ccc(C(=O)NCCC2CCNC2)cc1N1CCNC1=O.Cl. The van der Waals surface area contributed by atoms with Crippen LogP contribution >= 0.6 is 12.4 Å². The van der Waals surface area contributed by atoms with E-state index < -0.39 is 0 Å². The summed E-state index contributed by atoms with van der Waals surface area (Å²) in [5, 5.41) is 9.05. The molecule has 1 aromatic carbocycles. The highest BCUT2D eigenvalue weighted by Crippen LogP contribution is 2.30. The van der Waals surface area contributed by atoms with Gasteiger partial charge in [0.25, 0.3) is 5.91 Å². The number of amides is 3. The molecule has 0 radical (unpaired) electrons. The predicted molar refractivity (Wildman–Crippen MR) is 98.9 cm³/mol. The molecule has 2 fully saturated rings. The number of hydrogen-bond donors (Lipinski definition) is 3. The van der Waals surface area contributed by atoms with Gasteiger partial charge < -0.3 is 20.7 Å². The van der Waals surface area contributed by atoms with E-state index in [0.29, 0.717) is 42.6 Å². The molecule has 0 aromatic heterocycles. The predicted octanol–water partition coefficient (Wildman–Crippen LogP) is 1.38. The van der Waals surface area contributed by atoms with E-state index in [-0.39, 0.29) is 24.3 Å². The van der Waals surface area contributed by atoms with Crippen LogP contribution in [0.25, 0.3) is 0 Å². The number of nitrogens with zero attached hydrogens (tertiary/aromatic N) is 1. The quantitative estimate of drug-likeness (QED) is 0.708. The number of methoxy groups -OCH3 is 1. The van der Waals surface area contributed by atoms with Crippen molar-refractivity contribution in [3.05, 3.63) is 23.8 Å². The summed E-state index contributed by atoms with van der Waals surface area (Å²) in [5.41, 5.74) is 1.16. The molecule has 2 aliphatic heterocycles. The van der Waals surface area contributed by atoms with E-state index in [2.05, 4.69) is 16.0 Å². The molecule has 0 bridgehead atoms. The lowest BCUT2D eigenvalue weighted by Crippen LogP contribution is -2.29. The lowest BCUT2D eigenvalue weighted by molar-refractivity contribution is 0.0951. The fourth-order valence-electron chi connectivity index (χ4n) is 3.20. The first kappa shape index (κ1) is 19.3. The van der Waals surface area contributed by atoms with Gasteiger partial charge >= 0.3 is 6.03 Å². The molecule has 1 aromatic rings. The number of rotatable bonds is 6. The fourth-order valence-corrected chi connectivity index (χ4v) is 3.20. The Hall–Kier alpha value is -1.99. The number of nitrogens with one attached hydrogen (secondary N) is 3. The van der Waals surface area contributed by atoms with E-state index in [4.69, 9.17) is 4.74 Å². The van der Waals surface area contributed by atoms with E-state index in [1.807, 2.05) is 0 Å². The average molecular weight is 369 g/mol. The van der Waals surface area contributed by atoms with Gasteiger partial charge in [0.1, 0.15) is 5.75 Å². The number of ether oxygens (including phenoxy) is 1.